The molecule has 1 heterocycles. The van der Waals surface area contributed by atoms with Gasteiger partial charge in [0.15, 0.2) is 5.78 Å². The molecule has 2 rings (SSSR count). The van der Waals surface area contributed by atoms with Gasteiger partial charge in [0.05, 0.1) is 12.2 Å². The Morgan fingerprint density at radius 2 is 2.11 bits per heavy atom. The Kier molecular flexibility index (Phi) is 4.32. The molecular formula is C15H15BrN2O. The van der Waals surface area contributed by atoms with Crippen LogP contribution in [-0.4, -0.2) is 17.8 Å². The van der Waals surface area contributed by atoms with Crippen LogP contribution in [-0.2, 0) is 6.54 Å². The van der Waals surface area contributed by atoms with E-state index < -0.39 is 0 Å². The van der Waals surface area contributed by atoms with Crippen molar-refractivity contribution in [3.8, 4) is 0 Å². The van der Waals surface area contributed by atoms with Crippen molar-refractivity contribution in [3.63, 3.8) is 0 Å². The van der Waals surface area contributed by atoms with E-state index in [-0.39, 0.29) is 5.78 Å². The minimum absolute atomic E-state index is 0.0594. The molecular weight excluding hydrogens is 304 g/mol. The molecule has 4 heteroatoms. The van der Waals surface area contributed by atoms with Gasteiger partial charge in [0.1, 0.15) is 0 Å². The molecule has 0 amide bonds. The number of halogens is 1. The Bertz CT molecular complexity index is 584. The van der Waals surface area contributed by atoms with Crippen molar-refractivity contribution in [1.29, 1.82) is 0 Å². The molecule has 98 valence electrons. The number of rotatable bonds is 4. The summed E-state index contributed by atoms with van der Waals surface area (Å²) in [5.41, 5.74) is 2.61. The second kappa shape index (κ2) is 5.97. The summed E-state index contributed by atoms with van der Waals surface area (Å²) in [5.74, 6) is 0.0594. The topological polar surface area (TPSA) is 33.2 Å². The number of aromatic nitrogens is 1. The summed E-state index contributed by atoms with van der Waals surface area (Å²) in [6.45, 7) is 2.25. The molecule has 3 nitrogen and oxygen atoms in total. The maximum atomic E-state index is 11.7. The fourth-order valence-electron chi connectivity index (χ4n) is 1.94. The molecule has 1 aromatic carbocycles. The number of carbonyl (C=O) groups excluding carboxylic acids is 1. The number of hydrogen-bond donors (Lipinski definition) is 0. The lowest BCUT2D eigenvalue weighted by atomic mass is 10.1. The molecule has 0 atom stereocenters. The average Bonchev–Trinajstić information content (AvgIpc) is 2.39. The van der Waals surface area contributed by atoms with Crippen molar-refractivity contribution >= 4 is 27.4 Å². The number of Topliss-reactive ketones (excluding diaryl/α,β-unsaturated/α-hetero) is 1. The van der Waals surface area contributed by atoms with E-state index in [9.17, 15) is 4.79 Å². The quantitative estimate of drug-likeness (QED) is 0.806. The first-order valence-electron chi connectivity index (χ1n) is 5.99. The molecule has 0 spiro atoms. The lowest BCUT2D eigenvalue weighted by Crippen LogP contribution is -2.19. The molecule has 0 aliphatic rings. The van der Waals surface area contributed by atoms with E-state index >= 15 is 0 Å². The van der Waals surface area contributed by atoms with Gasteiger partial charge >= 0.3 is 0 Å². The van der Waals surface area contributed by atoms with E-state index in [0.29, 0.717) is 12.1 Å². The number of nitrogens with zero attached hydrogens (tertiary/aromatic N) is 2. The number of anilines is 1. The lowest BCUT2D eigenvalue weighted by Gasteiger charge is -2.21. The highest BCUT2D eigenvalue weighted by atomic mass is 79.9. The van der Waals surface area contributed by atoms with Gasteiger partial charge in [-0.15, -0.1) is 0 Å². The summed E-state index contributed by atoms with van der Waals surface area (Å²) >= 11 is 3.40. The molecule has 0 aliphatic carbocycles. The van der Waals surface area contributed by atoms with E-state index in [1.54, 1.807) is 13.1 Å². The summed E-state index contributed by atoms with van der Waals surface area (Å²) < 4.78 is 0.910. The fraction of sp³-hybridized carbons (Fsp3) is 0.200. The molecule has 0 aliphatic heterocycles. The van der Waals surface area contributed by atoms with E-state index in [4.69, 9.17) is 0 Å². The van der Waals surface area contributed by atoms with Gasteiger partial charge in [-0.3, -0.25) is 9.78 Å². The fourth-order valence-corrected chi connectivity index (χ4v) is 2.30. The molecule has 2 aromatic rings. The zero-order valence-corrected chi connectivity index (χ0v) is 12.5. The van der Waals surface area contributed by atoms with Crippen molar-refractivity contribution in [3.05, 3.63) is 58.3 Å². The first kappa shape index (κ1) is 13.7. The van der Waals surface area contributed by atoms with Crippen molar-refractivity contribution in [2.75, 3.05) is 11.9 Å². The number of hydrogen-bond acceptors (Lipinski definition) is 3. The maximum Gasteiger partial charge on any atom is 0.161 e. The average molecular weight is 319 g/mol. The predicted octanol–water partition coefficient (Wildman–Crippen LogP) is 3.68. The van der Waals surface area contributed by atoms with E-state index in [1.807, 2.05) is 48.3 Å². The van der Waals surface area contributed by atoms with Crippen LogP contribution in [0.15, 0.2) is 47.1 Å². The first-order valence-corrected chi connectivity index (χ1v) is 6.79. The minimum Gasteiger partial charge on any atom is -0.368 e. The van der Waals surface area contributed by atoms with Crippen LogP contribution in [0.5, 0.6) is 0 Å². The molecule has 0 bridgehead atoms. The van der Waals surface area contributed by atoms with Crippen LogP contribution in [0, 0.1) is 0 Å². The summed E-state index contributed by atoms with van der Waals surface area (Å²) in [6, 6.07) is 11.6. The molecule has 1 aromatic heterocycles. The largest absolute Gasteiger partial charge is 0.368 e. The standard InChI is InChI=1S/C15H15BrN2O/c1-11(19)14-9-12(16)6-7-15(14)18(2)10-13-5-3-4-8-17-13/h3-9H,10H2,1-2H3. The number of benzene rings is 1. The highest BCUT2D eigenvalue weighted by molar-refractivity contribution is 9.10. The number of carbonyl (C=O) groups is 1. The van der Waals surface area contributed by atoms with E-state index in [2.05, 4.69) is 20.9 Å². The molecule has 0 unspecified atom stereocenters. The SMILES string of the molecule is CC(=O)c1cc(Br)ccc1N(C)Cc1ccccn1. The molecule has 0 radical (unpaired) electrons. The molecule has 19 heavy (non-hydrogen) atoms. The van der Waals surface area contributed by atoms with Crippen molar-refractivity contribution in [2.45, 2.75) is 13.5 Å². The molecule has 0 saturated carbocycles. The molecule has 0 fully saturated rings. The van der Waals surface area contributed by atoms with Gasteiger partial charge in [-0.25, -0.2) is 0 Å². The van der Waals surface area contributed by atoms with Gasteiger partial charge in [-0.05, 0) is 37.3 Å². The monoisotopic (exact) mass is 318 g/mol. The van der Waals surface area contributed by atoms with Crippen molar-refractivity contribution in [1.82, 2.24) is 4.98 Å². The third-order valence-corrected chi connectivity index (χ3v) is 3.37. The summed E-state index contributed by atoms with van der Waals surface area (Å²) in [7, 11) is 1.96. The van der Waals surface area contributed by atoms with Gasteiger partial charge < -0.3 is 4.90 Å². The summed E-state index contributed by atoms with van der Waals surface area (Å²) in [4.78, 5) is 18.0. The van der Waals surface area contributed by atoms with Crippen LogP contribution < -0.4 is 4.90 Å². The van der Waals surface area contributed by atoms with Crippen molar-refractivity contribution in [2.24, 2.45) is 0 Å². The Morgan fingerprint density at radius 1 is 1.32 bits per heavy atom. The first-order chi connectivity index (χ1) is 9.08. The van der Waals surface area contributed by atoms with Gasteiger partial charge in [0, 0.05) is 29.0 Å². The predicted molar refractivity (Wildman–Crippen MR) is 80.5 cm³/mol. The zero-order valence-electron chi connectivity index (χ0n) is 10.9. The highest BCUT2D eigenvalue weighted by Crippen LogP contribution is 2.25. The second-order valence-electron chi connectivity index (χ2n) is 4.39. The summed E-state index contributed by atoms with van der Waals surface area (Å²) in [6.07, 6.45) is 1.77. The van der Waals surface area contributed by atoms with Crippen LogP contribution in [0.2, 0.25) is 0 Å². The van der Waals surface area contributed by atoms with Gasteiger partial charge in [-0.2, -0.15) is 0 Å². The third-order valence-electron chi connectivity index (χ3n) is 2.87. The van der Waals surface area contributed by atoms with Gasteiger partial charge in [-0.1, -0.05) is 22.0 Å². The Hall–Kier alpha value is -1.68. The minimum atomic E-state index is 0.0594. The van der Waals surface area contributed by atoms with Crippen LogP contribution in [0.1, 0.15) is 23.0 Å². The van der Waals surface area contributed by atoms with E-state index in [0.717, 1.165) is 15.9 Å². The normalized spacial score (nSPS) is 10.3. The molecule has 0 saturated heterocycles. The summed E-state index contributed by atoms with van der Waals surface area (Å²) in [5, 5.41) is 0. The van der Waals surface area contributed by atoms with Crippen LogP contribution in [0.4, 0.5) is 5.69 Å². The second-order valence-corrected chi connectivity index (χ2v) is 5.31. The van der Waals surface area contributed by atoms with Crippen LogP contribution in [0.25, 0.3) is 0 Å². The maximum absolute atomic E-state index is 11.7. The van der Waals surface area contributed by atoms with E-state index in [1.165, 1.54) is 0 Å². The Balaban J connectivity index is 2.28. The highest BCUT2D eigenvalue weighted by Gasteiger charge is 2.12. The Morgan fingerprint density at radius 3 is 2.74 bits per heavy atom. The van der Waals surface area contributed by atoms with Crippen LogP contribution >= 0.6 is 15.9 Å². The third kappa shape index (κ3) is 3.41. The van der Waals surface area contributed by atoms with Crippen molar-refractivity contribution < 1.29 is 4.79 Å². The number of ketones is 1. The zero-order chi connectivity index (χ0) is 13.8. The number of pyridine rings is 1. The van der Waals surface area contributed by atoms with Crippen LogP contribution in [0.3, 0.4) is 0 Å². The van der Waals surface area contributed by atoms with Gasteiger partial charge in [0.25, 0.3) is 0 Å². The van der Waals surface area contributed by atoms with Gasteiger partial charge in [0.2, 0.25) is 0 Å². The smallest absolute Gasteiger partial charge is 0.161 e. The lowest BCUT2D eigenvalue weighted by molar-refractivity contribution is 0.101. The Labute approximate surface area is 121 Å². The molecule has 0 N–H and O–H groups in total.